The van der Waals surface area contributed by atoms with Crippen LogP contribution in [0.2, 0.25) is 0 Å². The first-order chi connectivity index (χ1) is 32.7. The van der Waals surface area contributed by atoms with Gasteiger partial charge in [-0.15, -0.1) is 0 Å². The molecule has 0 aliphatic carbocycles. The van der Waals surface area contributed by atoms with Gasteiger partial charge in [-0.3, -0.25) is 0 Å². The Morgan fingerprint density at radius 3 is 0.319 bits per heavy atom. The minimum absolute atomic E-state index is 0. The van der Waals surface area contributed by atoms with Crippen LogP contribution in [0.4, 0.5) is 0 Å². The molecule has 3 nitrogen and oxygen atoms in total. The molecule has 3 N–H and O–H groups in total. The highest BCUT2D eigenvalue weighted by atomic mass is 79.9. The maximum Gasteiger partial charge on any atom is 0.103 e. The van der Waals surface area contributed by atoms with Gasteiger partial charge in [-0.25, -0.2) is 0 Å². The number of benzene rings is 9. The van der Waals surface area contributed by atoms with Crippen molar-refractivity contribution in [1.82, 2.24) is 0 Å². The van der Waals surface area contributed by atoms with E-state index in [1.165, 1.54) is 50.1 Å². The van der Waals surface area contributed by atoms with Crippen molar-refractivity contribution in [3.8, 4) is 0 Å². The predicted octanol–water partition coefficient (Wildman–Crippen LogP) is 1.43. The van der Waals surface area contributed by atoms with E-state index in [1.54, 1.807) is 14.7 Å². The molecular weight excluding hydrogens is 1040 g/mol. The van der Waals surface area contributed by atoms with Gasteiger partial charge < -0.3 is 65.6 Å². The standard InChI is InChI=1S/3C21H21N.3BrH/c3*1-4-10-19(11-5-1)16-22(17-20-12-6-2-7-13-20)18-21-14-8-3-9-15-21;;;/h3*1-15H,16-18H2;3*1H. The molecule has 0 bridgehead atoms. The maximum atomic E-state index is 2.22. The van der Waals surface area contributed by atoms with Gasteiger partial charge in [-0.1, -0.05) is 273 Å². The molecular formula is C63H66Br3N3. The lowest BCUT2D eigenvalue weighted by Crippen LogP contribution is -3.08. The van der Waals surface area contributed by atoms with E-state index < -0.39 is 0 Å². The Balaban J connectivity index is 0.000000221. The van der Waals surface area contributed by atoms with Gasteiger partial charge in [-0.2, -0.15) is 0 Å². The lowest BCUT2D eigenvalue weighted by atomic mass is 10.1. The van der Waals surface area contributed by atoms with Crippen molar-refractivity contribution >= 4 is 0 Å². The minimum atomic E-state index is 0. The first kappa shape index (κ1) is 55.9. The van der Waals surface area contributed by atoms with E-state index in [2.05, 4.69) is 273 Å². The fourth-order valence-electron chi connectivity index (χ4n) is 8.52. The molecule has 0 unspecified atom stereocenters. The zero-order valence-corrected chi connectivity index (χ0v) is 44.2. The smallest absolute Gasteiger partial charge is 0.103 e. The summed E-state index contributed by atoms with van der Waals surface area (Å²) in [7, 11) is 0. The Bertz CT molecular complexity index is 2000. The van der Waals surface area contributed by atoms with Crippen molar-refractivity contribution in [2.75, 3.05) is 0 Å². The average Bonchev–Trinajstić information content (AvgIpc) is 3.37. The molecule has 69 heavy (non-hydrogen) atoms. The molecule has 0 saturated heterocycles. The van der Waals surface area contributed by atoms with Crippen LogP contribution >= 0.6 is 0 Å². The molecule has 0 aromatic heterocycles. The van der Waals surface area contributed by atoms with Crippen molar-refractivity contribution in [3.05, 3.63) is 323 Å². The summed E-state index contributed by atoms with van der Waals surface area (Å²) in [6.07, 6.45) is 0. The van der Waals surface area contributed by atoms with Crippen LogP contribution in [-0.4, -0.2) is 0 Å². The summed E-state index contributed by atoms with van der Waals surface area (Å²) in [4.78, 5) is 4.68. The third kappa shape index (κ3) is 21.6. The molecule has 0 amide bonds. The topological polar surface area (TPSA) is 13.3 Å². The molecule has 9 rings (SSSR count). The lowest BCUT2D eigenvalue weighted by Gasteiger charge is -2.20. The van der Waals surface area contributed by atoms with Gasteiger partial charge in [0.05, 0.1) is 0 Å². The highest BCUT2D eigenvalue weighted by Crippen LogP contribution is 2.05. The Morgan fingerprint density at radius 2 is 0.232 bits per heavy atom. The zero-order valence-electron chi connectivity index (χ0n) is 39.5. The zero-order chi connectivity index (χ0) is 45.1. The summed E-state index contributed by atoms with van der Waals surface area (Å²) >= 11 is 0. The van der Waals surface area contributed by atoms with Crippen molar-refractivity contribution in [3.63, 3.8) is 0 Å². The molecule has 0 fully saturated rings. The van der Waals surface area contributed by atoms with Gasteiger partial charge >= 0.3 is 0 Å². The van der Waals surface area contributed by atoms with Crippen LogP contribution in [0.1, 0.15) is 50.1 Å². The second-order valence-electron chi connectivity index (χ2n) is 17.2. The molecule has 0 spiro atoms. The quantitative estimate of drug-likeness (QED) is 0.115. The van der Waals surface area contributed by atoms with Crippen LogP contribution < -0.4 is 65.6 Å². The highest BCUT2D eigenvalue weighted by molar-refractivity contribution is 5.20. The van der Waals surface area contributed by atoms with Gasteiger partial charge in [0, 0.05) is 50.1 Å². The van der Waals surface area contributed by atoms with Gasteiger partial charge in [0.1, 0.15) is 58.9 Å². The van der Waals surface area contributed by atoms with E-state index in [4.69, 9.17) is 0 Å². The van der Waals surface area contributed by atoms with Crippen LogP contribution in [0.5, 0.6) is 0 Å². The largest absolute Gasteiger partial charge is 1.00 e. The van der Waals surface area contributed by atoms with Crippen LogP contribution in [0.15, 0.2) is 273 Å². The number of nitrogens with one attached hydrogen (secondary N) is 3. The van der Waals surface area contributed by atoms with E-state index in [0.717, 1.165) is 58.9 Å². The van der Waals surface area contributed by atoms with Crippen LogP contribution in [0.25, 0.3) is 0 Å². The molecule has 0 aliphatic rings. The Labute approximate surface area is 444 Å². The van der Waals surface area contributed by atoms with Crippen LogP contribution in [-0.2, 0) is 58.9 Å². The summed E-state index contributed by atoms with van der Waals surface area (Å²) in [6, 6.07) is 96.9. The van der Waals surface area contributed by atoms with Crippen LogP contribution in [0.3, 0.4) is 0 Å². The number of hydrogen-bond acceptors (Lipinski definition) is 0. The SMILES string of the molecule is [Br-].[Br-].[Br-].c1ccc(C[NH+](Cc2ccccc2)Cc2ccccc2)cc1.c1ccc(C[NH+](Cc2ccccc2)Cc2ccccc2)cc1.c1ccc(C[NH+](Cc2ccccc2)Cc2ccccc2)cc1. The monoisotopic (exact) mass is 1100 g/mol. The van der Waals surface area contributed by atoms with E-state index in [9.17, 15) is 0 Å². The lowest BCUT2D eigenvalue weighted by molar-refractivity contribution is -0.941. The van der Waals surface area contributed by atoms with E-state index in [1.807, 2.05) is 0 Å². The summed E-state index contributed by atoms with van der Waals surface area (Å²) in [5.41, 5.74) is 12.5. The van der Waals surface area contributed by atoms with Crippen molar-refractivity contribution < 1.29 is 65.6 Å². The summed E-state index contributed by atoms with van der Waals surface area (Å²) in [6.45, 7) is 9.42. The number of quaternary nitrogens is 3. The van der Waals surface area contributed by atoms with Crippen molar-refractivity contribution in [2.24, 2.45) is 0 Å². The number of hydrogen-bond donors (Lipinski definition) is 3. The molecule has 9 aromatic rings. The molecule has 0 saturated carbocycles. The number of rotatable bonds is 18. The highest BCUT2D eigenvalue weighted by Gasteiger charge is 2.14. The fraction of sp³-hybridized carbons (Fsp3) is 0.143. The first-order valence-electron chi connectivity index (χ1n) is 23.6. The summed E-state index contributed by atoms with van der Waals surface area (Å²) in [5.74, 6) is 0. The van der Waals surface area contributed by atoms with Gasteiger partial charge in [-0.05, 0) is 0 Å². The third-order valence-corrected chi connectivity index (χ3v) is 11.7. The molecule has 0 aliphatic heterocycles. The second kappa shape index (κ2) is 32.9. The van der Waals surface area contributed by atoms with Crippen molar-refractivity contribution in [2.45, 2.75) is 58.9 Å². The molecule has 0 radical (unpaired) electrons. The minimum Gasteiger partial charge on any atom is -1.00 e. The Morgan fingerprint density at radius 1 is 0.145 bits per heavy atom. The maximum absolute atomic E-state index is 2.22. The third-order valence-electron chi connectivity index (χ3n) is 11.7. The second-order valence-corrected chi connectivity index (χ2v) is 17.2. The summed E-state index contributed by atoms with van der Waals surface area (Å²) < 4.78 is 0. The molecule has 0 heterocycles. The molecule has 6 heteroatoms. The first-order valence-corrected chi connectivity index (χ1v) is 23.6. The van der Waals surface area contributed by atoms with Crippen LogP contribution in [0, 0.1) is 0 Å². The van der Waals surface area contributed by atoms with E-state index in [0.29, 0.717) is 0 Å². The normalized spacial score (nSPS) is 10.3. The summed E-state index contributed by atoms with van der Waals surface area (Å²) in [5, 5.41) is 0. The molecule has 0 atom stereocenters. The van der Waals surface area contributed by atoms with E-state index >= 15 is 0 Å². The number of halogens is 3. The Kier molecular flexibility index (Phi) is 26.7. The van der Waals surface area contributed by atoms with Gasteiger partial charge in [0.2, 0.25) is 0 Å². The predicted molar refractivity (Wildman–Crippen MR) is 274 cm³/mol. The van der Waals surface area contributed by atoms with Crippen molar-refractivity contribution in [1.29, 1.82) is 0 Å². The van der Waals surface area contributed by atoms with Gasteiger partial charge in [0.15, 0.2) is 0 Å². The molecule has 9 aromatic carbocycles. The Hall–Kier alpha value is -5.70. The fourth-order valence-corrected chi connectivity index (χ4v) is 8.52. The van der Waals surface area contributed by atoms with E-state index in [-0.39, 0.29) is 50.9 Å². The van der Waals surface area contributed by atoms with Gasteiger partial charge in [0.25, 0.3) is 0 Å². The molecule has 354 valence electrons. The average molecular weight is 1100 g/mol.